The van der Waals surface area contributed by atoms with Gasteiger partial charge in [-0.05, 0) is 28.4 Å². The van der Waals surface area contributed by atoms with Crippen molar-refractivity contribution in [3.63, 3.8) is 0 Å². The number of hydrogen-bond acceptors (Lipinski definition) is 2. The Bertz CT molecular complexity index is 426. The Hall–Kier alpha value is -1.10. The molecule has 16 heavy (non-hydrogen) atoms. The number of rotatable bonds is 4. The number of hydrogen-bond donors (Lipinski definition) is 0. The maximum Gasteiger partial charge on any atom is 0.250 e. The summed E-state index contributed by atoms with van der Waals surface area (Å²) in [6, 6.07) is 3.22. The maximum atomic E-state index is 11.4. The first-order valence-corrected chi connectivity index (χ1v) is 5.86. The first kappa shape index (κ1) is 13.0. The van der Waals surface area contributed by atoms with Gasteiger partial charge in [0.2, 0.25) is 5.91 Å². The summed E-state index contributed by atoms with van der Waals surface area (Å²) < 4.78 is 2.47. The zero-order valence-electron chi connectivity index (χ0n) is 9.44. The average molecular weight is 287 g/mol. The van der Waals surface area contributed by atoms with Gasteiger partial charge in [-0.15, -0.1) is 0 Å². The first-order valence-electron chi connectivity index (χ1n) is 5.07. The Morgan fingerprint density at radius 3 is 2.75 bits per heavy atom. The molecule has 1 rings (SSSR count). The Morgan fingerprint density at radius 2 is 2.12 bits per heavy atom. The van der Waals surface area contributed by atoms with Gasteiger partial charge in [0.05, 0.1) is 0 Å². The average Bonchev–Trinajstić information content (AvgIpc) is 2.22. The monoisotopic (exact) mass is 286 g/mol. The van der Waals surface area contributed by atoms with Gasteiger partial charge in [-0.2, -0.15) is 0 Å². The smallest absolute Gasteiger partial charge is 0.250 e. The fraction of sp³-hybridized carbons (Fsp3) is 0.455. The standard InChI is InChI=1S/C11H15BrN2O2/c1-13(2)10(15)4-3-7-14-8-9(12)5-6-11(14)16/h5-6,8H,3-4,7H2,1-2H3. The highest BCUT2D eigenvalue weighted by atomic mass is 79.9. The minimum Gasteiger partial charge on any atom is -0.349 e. The Balaban J connectivity index is 2.52. The van der Waals surface area contributed by atoms with Gasteiger partial charge in [-0.25, -0.2) is 0 Å². The van der Waals surface area contributed by atoms with Crippen LogP contribution in [0.4, 0.5) is 0 Å². The molecule has 0 aliphatic heterocycles. The van der Waals surface area contributed by atoms with Crippen molar-refractivity contribution >= 4 is 21.8 Å². The van der Waals surface area contributed by atoms with Crippen molar-refractivity contribution in [1.82, 2.24) is 9.47 Å². The molecular weight excluding hydrogens is 272 g/mol. The van der Waals surface area contributed by atoms with Crippen molar-refractivity contribution in [3.8, 4) is 0 Å². The lowest BCUT2D eigenvalue weighted by molar-refractivity contribution is -0.128. The van der Waals surface area contributed by atoms with E-state index in [-0.39, 0.29) is 11.5 Å². The van der Waals surface area contributed by atoms with Gasteiger partial charge in [0.15, 0.2) is 0 Å². The van der Waals surface area contributed by atoms with Crippen LogP contribution in [0.15, 0.2) is 27.6 Å². The molecule has 0 unspecified atom stereocenters. The Kier molecular flexibility index (Phi) is 4.73. The third-order valence-corrected chi connectivity index (χ3v) is 2.70. The second-order valence-electron chi connectivity index (χ2n) is 3.77. The molecule has 1 amide bonds. The van der Waals surface area contributed by atoms with E-state index in [1.807, 2.05) is 0 Å². The molecule has 0 N–H and O–H groups in total. The van der Waals surface area contributed by atoms with E-state index in [4.69, 9.17) is 0 Å². The largest absolute Gasteiger partial charge is 0.349 e. The number of pyridine rings is 1. The van der Waals surface area contributed by atoms with Gasteiger partial charge in [0.1, 0.15) is 0 Å². The summed E-state index contributed by atoms with van der Waals surface area (Å²) in [6.07, 6.45) is 2.88. The molecule has 0 fully saturated rings. The highest BCUT2D eigenvalue weighted by Gasteiger charge is 2.04. The predicted molar refractivity (Wildman–Crippen MR) is 66.3 cm³/mol. The van der Waals surface area contributed by atoms with Crippen molar-refractivity contribution < 1.29 is 4.79 Å². The number of carbonyl (C=O) groups excluding carboxylic acids is 1. The van der Waals surface area contributed by atoms with Gasteiger partial charge in [-0.1, -0.05) is 0 Å². The molecule has 1 heterocycles. The third kappa shape index (κ3) is 3.81. The highest BCUT2D eigenvalue weighted by Crippen LogP contribution is 2.05. The summed E-state index contributed by atoms with van der Waals surface area (Å²) in [5, 5.41) is 0. The normalized spacial score (nSPS) is 10.2. The molecule has 1 aromatic rings. The van der Waals surface area contributed by atoms with E-state index < -0.39 is 0 Å². The van der Waals surface area contributed by atoms with E-state index in [1.54, 1.807) is 35.8 Å². The van der Waals surface area contributed by atoms with Gasteiger partial charge < -0.3 is 9.47 Å². The number of aromatic nitrogens is 1. The van der Waals surface area contributed by atoms with Crippen LogP contribution in [-0.4, -0.2) is 29.5 Å². The van der Waals surface area contributed by atoms with Crippen molar-refractivity contribution in [2.75, 3.05) is 14.1 Å². The molecule has 0 aromatic carbocycles. The number of amides is 1. The summed E-state index contributed by atoms with van der Waals surface area (Å²) in [5.41, 5.74) is -0.0412. The second kappa shape index (κ2) is 5.84. The highest BCUT2D eigenvalue weighted by molar-refractivity contribution is 9.10. The van der Waals surface area contributed by atoms with E-state index >= 15 is 0 Å². The summed E-state index contributed by atoms with van der Waals surface area (Å²) in [4.78, 5) is 24.3. The lowest BCUT2D eigenvalue weighted by Gasteiger charge is -2.10. The van der Waals surface area contributed by atoms with Gasteiger partial charge in [0.25, 0.3) is 5.56 Å². The molecule has 0 spiro atoms. The molecule has 0 atom stereocenters. The lowest BCUT2D eigenvalue weighted by Crippen LogP contribution is -2.23. The molecule has 0 saturated heterocycles. The van der Waals surface area contributed by atoms with Crippen LogP contribution in [-0.2, 0) is 11.3 Å². The van der Waals surface area contributed by atoms with Crippen LogP contribution in [0.2, 0.25) is 0 Å². The fourth-order valence-corrected chi connectivity index (χ4v) is 1.68. The van der Waals surface area contributed by atoms with Crippen LogP contribution in [0.5, 0.6) is 0 Å². The molecule has 0 saturated carbocycles. The predicted octanol–water partition coefficient (Wildman–Crippen LogP) is 1.48. The molecule has 1 aromatic heterocycles. The minimum absolute atomic E-state index is 0.0412. The van der Waals surface area contributed by atoms with Crippen LogP contribution in [0, 0.1) is 0 Å². The zero-order valence-corrected chi connectivity index (χ0v) is 11.0. The zero-order chi connectivity index (χ0) is 12.1. The molecular formula is C11H15BrN2O2. The summed E-state index contributed by atoms with van der Waals surface area (Å²) in [5.74, 6) is 0.0862. The van der Waals surface area contributed by atoms with Crippen molar-refractivity contribution in [2.45, 2.75) is 19.4 Å². The van der Waals surface area contributed by atoms with E-state index in [0.29, 0.717) is 19.4 Å². The fourth-order valence-electron chi connectivity index (χ4n) is 1.30. The number of halogens is 1. The van der Waals surface area contributed by atoms with Crippen LogP contribution < -0.4 is 5.56 Å². The summed E-state index contributed by atoms with van der Waals surface area (Å²) in [6.45, 7) is 0.567. The van der Waals surface area contributed by atoms with Crippen molar-refractivity contribution in [1.29, 1.82) is 0 Å². The third-order valence-electron chi connectivity index (χ3n) is 2.24. The molecule has 0 radical (unpaired) electrons. The molecule has 4 nitrogen and oxygen atoms in total. The second-order valence-corrected chi connectivity index (χ2v) is 4.69. The Morgan fingerprint density at radius 1 is 1.44 bits per heavy atom. The molecule has 88 valence electrons. The maximum absolute atomic E-state index is 11.4. The first-order chi connectivity index (χ1) is 7.50. The van der Waals surface area contributed by atoms with Crippen LogP contribution in [0.25, 0.3) is 0 Å². The van der Waals surface area contributed by atoms with E-state index in [2.05, 4.69) is 15.9 Å². The summed E-state index contributed by atoms with van der Waals surface area (Å²) in [7, 11) is 3.46. The topological polar surface area (TPSA) is 42.3 Å². The number of aryl methyl sites for hydroxylation is 1. The van der Waals surface area contributed by atoms with Gasteiger partial charge in [0, 0.05) is 43.8 Å². The van der Waals surface area contributed by atoms with E-state index in [1.165, 1.54) is 6.07 Å². The van der Waals surface area contributed by atoms with Crippen LogP contribution >= 0.6 is 15.9 Å². The van der Waals surface area contributed by atoms with E-state index in [9.17, 15) is 9.59 Å². The van der Waals surface area contributed by atoms with Crippen molar-refractivity contribution in [3.05, 3.63) is 33.2 Å². The van der Waals surface area contributed by atoms with Gasteiger partial charge in [-0.3, -0.25) is 9.59 Å². The van der Waals surface area contributed by atoms with E-state index in [0.717, 1.165) is 4.47 Å². The number of carbonyl (C=O) groups is 1. The molecule has 5 heteroatoms. The van der Waals surface area contributed by atoms with Crippen LogP contribution in [0.1, 0.15) is 12.8 Å². The SMILES string of the molecule is CN(C)C(=O)CCCn1cc(Br)ccc1=O. The quantitative estimate of drug-likeness (QED) is 0.841. The van der Waals surface area contributed by atoms with Crippen molar-refractivity contribution in [2.24, 2.45) is 0 Å². The van der Waals surface area contributed by atoms with Crippen LogP contribution in [0.3, 0.4) is 0 Å². The lowest BCUT2D eigenvalue weighted by atomic mass is 10.3. The van der Waals surface area contributed by atoms with Gasteiger partial charge >= 0.3 is 0 Å². The number of nitrogens with zero attached hydrogens (tertiary/aromatic N) is 2. The summed E-state index contributed by atoms with van der Waals surface area (Å²) >= 11 is 3.31. The molecule has 0 bridgehead atoms. The molecule has 0 aliphatic rings. The molecule has 0 aliphatic carbocycles. The Labute approximate surface area is 103 Å². The minimum atomic E-state index is -0.0412.